The second-order valence-electron chi connectivity index (χ2n) is 5.63. The van der Waals surface area contributed by atoms with Crippen LogP contribution < -0.4 is 5.32 Å². The molecule has 1 aliphatic heterocycles. The van der Waals surface area contributed by atoms with Crippen molar-refractivity contribution in [3.63, 3.8) is 0 Å². The Labute approximate surface area is 116 Å². The summed E-state index contributed by atoms with van der Waals surface area (Å²) in [6.07, 6.45) is 1.14. The van der Waals surface area contributed by atoms with Gasteiger partial charge in [-0.15, -0.1) is 0 Å². The smallest absolute Gasteiger partial charge is 0.221 e. The highest BCUT2D eigenvalue weighted by Crippen LogP contribution is 2.17. The van der Waals surface area contributed by atoms with E-state index in [0.29, 0.717) is 31.8 Å². The molecule has 0 radical (unpaired) electrons. The molecule has 0 saturated carbocycles. The van der Waals surface area contributed by atoms with E-state index in [1.54, 1.807) is 0 Å². The molecular formula is C13H26N2O3S. The zero-order chi connectivity index (χ0) is 14.5. The van der Waals surface area contributed by atoms with Crippen molar-refractivity contribution in [1.29, 1.82) is 0 Å². The minimum absolute atomic E-state index is 0.0491. The highest BCUT2D eigenvalue weighted by molar-refractivity contribution is 7.91. The Hall–Kier alpha value is -0.620. The van der Waals surface area contributed by atoms with E-state index in [1.165, 1.54) is 0 Å². The van der Waals surface area contributed by atoms with Gasteiger partial charge in [0.1, 0.15) is 0 Å². The van der Waals surface area contributed by atoms with E-state index in [9.17, 15) is 13.2 Å². The van der Waals surface area contributed by atoms with Crippen LogP contribution in [0, 0.1) is 5.92 Å². The Kier molecular flexibility index (Phi) is 6.26. The topological polar surface area (TPSA) is 66.5 Å². The standard InChI is InChI=1S/C13H26N2O3S/c1-4-15(12-6-8-19(17,18)10-12)7-5-13(16)14-9-11(2)3/h11-12H,4-10H2,1-3H3,(H,14,16). The molecule has 6 heteroatoms. The molecule has 1 rings (SSSR count). The van der Waals surface area contributed by atoms with Crippen molar-refractivity contribution in [2.45, 2.75) is 39.7 Å². The molecule has 1 unspecified atom stereocenters. The van der Waals surface area contributed by atoms with Gasteiger partial charge in [-0.3, -0.25) is 9.69 Å². The number of sulfone groups is 1. The second kappa shape index (κ2) is 7.24. The lowest BCUT2D eigenvalue weighted by molar-refractivity contribution is -0.121. The molecule has 19 heavy (non-hydrogen) atoms. The molecule has 1 fully saturated rings. The maximum atomic E-state index is 11.7. The number of hydrogen-bond donors (Lipinski definition) is 1. The summed E-state index contributed by atoms with van der Waals surface area (Å²) in [5, 5.41) is 2.88. The Bertz CT molecular complexity index is 393. The summed E-state index contributed by atoms with van der Waals surface area (Å²) in [6, 6.07) is 0.0906. The van der Waals surface area contributed by atoms with Gasteiger partial charge in [0.15, 0.2) is 9.84 Å². The largest absolute Gasteiger partial charge is 0.356 e. The molecular weight excluding hydrogens is 264 g/mol. The summed E-state index contributed by atoms with van der Waals surface area (Å²) in [5.41, 5.74) is 0. The van der Waals surface area contributed by atoms with E-state index in [1.807, 2.05) is 6.92 Å². The first-order chi connectivity index (χ1) is 8.84. The number of nitrogens with zero attached hydrogens (tertiary/aromatic N) is 1. The van der Waals surface area contributed by atoms with Gasteiger partial charge in [0.2, 0.25) is 5.91 Å². The molecule has 0 bridgehead atoms. The van der Waals surface area contributed by atoms with Crippen LogP contribution in [0.3, 0.4) is 0 Å². The maximum Gasteiger partial charge on any atom is 0.221 e. The highest BCUT2D eigenvalue weighted by atomic mass is 32.2. The predicted octanol–water partition coefficient (Wildman–Crippen LogP) is 0.658. The highest BCUT2D eigenvalue weighted by Gasteiger charge is 2.31. The first-order valence-corrected chi connectivity index (χ1v) is 8.87. The Morgan fingerprint density at radius 3 is 2.58 bits per heavy atom. The minimum atomic E-state index is -2.85. The molecule has 1 atom stereocenters. The van der Waals surface area contributed by atoms with Crippen LogP contribution in [0.15, 0.2) is 0 Å². The number of hydrogen-bond acceptors (Lipinski definition) is 4. The van der Waals surface area contributed by atoms with E-state index in [0.717, 1.165) is 6.54 Å². The number of rotatable bonds is 7. The van der Waals surface area contributed by atoms with Crippen molar-refractivity contribution in [2.24, 2.45) is 5.92 Å². The Morgan fingerprint density at radius 1 is 1.42 bits per heavy atom. The molecule has 0 aromatic heterocycles. The van der Waals surface area contributed by atoms with E-state index in [4.69, 9.17) is 0 Å². The molecule has 0 spiro atoms. The van der Waals surface area contributed by atoms with Crippen LogP contribution in [0.25, 0.3) is 0 Å². The van der Waals surface area contributed by atoms with Gasteiger partial charge < -0.3 is 5.32 Å². The zero-order valence-electron chi connectivity index (χ0n) is 12.2. The third kappa shape index (κ3) is 5.91. The summed E-state index contributed by atoms with van der Waals surface area (Å²) in [4.78, 5) is 13.8. The quantitative estimate of drug-likeness (QED) is 0.748. The van der Waals surface area contributed by atoms with Gasteiger partial charge in [-0.05, 0) is 18.9 Å². The van der Waals surface area contributed by atoms with Crippen molar-refractivity contribution >= 4 is 15.7 Å². The minimum Gasteiger partial charge on any atom is -0.356 e. The van der Waals surface area contributed by atoms with Crippen molar-refractivity contribution in [1.82, 2.24) is 10.2 Å². The molecule has 1 aliphatic rings. The normalized spacial score (nSPS) is 22.1. The zero-order valence-corrected chi connectivity index (χ0v) is 13.0. The van der Waals surface area contributed by atoms with Crippen LogP contribution in [-0.4, -0.2) is 56.4 Å². The van der Waals surface area contributed by atoms with Gasteiger partial charge in [-0.25, -0.2) is 8.42 Å². The molecule has 112 valence electrons. The summed E-state index contributed by atoms with van der Waals surface area (Å²) >= 11 is 0. The summed E-state index contributed by atoms with van der Waals surface area (Å²) in [7, 11) is -2.85. The molecule has 0 aliphatic carbocycles. The maximum absolute atomic E-state index is 11.7. The number of nitrogens with one attached hydrogen (secondary N) is 1. The first kappa shape index (κ1) is 16.4. The molecule has 5 nitrogen and oxygen atoms in total. The van der Waals surface area contributed by atoms with E-state index in [2.05, 4.69) is 24.1 Å². The van der Waals surface area contributed by atoms with Crippen molar-refractivity contribution in [3.05, 3.63) is 0 Å². The summed E-state index contributed by atoms with van der Waals surface area (Å²) in [6.45, 7) is 8.25. The van der Waals surface area contributed by atoms with Gasteiger partial charge in [0.25, 0.3) is 0 Å². The lowest BCUT2D eigenvalue weighted by Crippen LogP contribution is -2.39. The number of carbonyl (C=O) groups is 1. The van der Waals surface area contributed by atoms with Crippen LogP contribution in [0.4, 0.5) is 0 Å². The van der Waals surface area contributed by atoms with Crippen LogP contribution in [0.1, 0.15) is 33.6 Å². The van der Waals surface area contributed by atoms with Gasteiger partial charge in [0.05, 0.1) is 11.5 Å². The number of amides is 1. The molecule has 1 N–H and O–H groups in total. The Balaban J connectivity index is 2.35. The summed E-state index contributed by atoms with van der Waals surface area (Å²) < 4.78 is 22.9. The molecule has 1 saturated heterocycles. The van der Waals surface area contributed by atoms with E-state index in [-0.39, 0.29) is 23.5 Å². The second-order valence-corrected chi connectivity index (χ2v) is 7.86. The molecule has 0 aromatic carbocycles. The average molecular weight is 290 g/mol. The summed E-state index contributed by atoms with van der Waals surface area (Å²) in [5.74, 6) is 1.03. The van der Waals surface area contributed by atoms with Crippen LogP contribution in [-0.2, 0) is 14.6 Å². The van der Waals surface area contributed by atoms with E-state index >= 15 is 0 Å². The van der Waals surface area contributed by atoms with Crippen LogP contribution >= 0.6 is 0 Å². The monoisotopic (exact) mass is 290 g/mol. The van der Waals surface area contributed by atoms with Gasteiger partial charge >= 0.3 is 0 Å². The van der Waals surface area contributed by atoms with Crippen LogP contribution in [0.2, 0.25) is 0 Å². The van der Waals surface area contributed by atoms with Crippen LogP contribution in [0.5, 0.6) is 0 Å². The first-order valence-electron chi connectivity index (χ1n) is 7.05. The third-order valence-electron chi connectivity index (χ3n) is 3.46. The van der Waals surface area contributed by atoms with Gasteiger partial charge in [-0.2, -0.15) is 0 Å². The van der Waals surface area contributed by atoms with Gasteiger partial charge in [-0.1, -0.05) is 20.8 Å². The van der Waals surface area contributed by atoms with Crippen molar-refractivity contribution in [2.75, 3.05) is 31.1 Å². The van der Waals surface area contributed by atoms with E-state index < -0.39 is 9.84 Å². The SMILES string of the molecule is CCN(CCC(=O)NCC(C)C)C1CCS(=O)(=O)C1. The Morgan fingerprint density at radius 2 is 2.11 bits per heavy atom. The van der Waals surface area contributed by atoms with Crippen molar-refractivity contribution < 1.29 is 13.2 Å². The fourth-order valence-electron chi connectivity index (χ4n) is 2.31. The molecule has 0 aromatic rings. The lowest BCUT2D eigenvalue weighted by Gasteiger charge is -2.26. The fourth-order valence-corrected chi connectivity index (χ4v) is 4.08. The van der Waals surface area contributed by atoms with Crippen molar-refractivity contribution in [3.8, 4) is 0 Å². The lowest BCUT2D eigenvalue weighted by atomic mass is 10.2. The number of carbonyl (C=O) groups excluding carboxylic acids is 1. The van der Waals surface area contributed by atoms with Gasteiger partial charge in [0, 0.05) is 25.6 Å². The fraction of sp³-hybridized carbons (Fsp3) is 0.923. The average Bonchev–Trinajstić information content (AvgIpc) is 2.68. The predicted molar refractivity (Wildman–Crippen MR) is 76.8 cm³/mol. The third-order valence-corrected chi connectivity index (χ3v) is 5.21. The molecule has 1 heterocycles. The molecule has 1 amide bonds.